The van der Waals surface area contributed by atoms with E-state index in [2.05, 4.69) is 111 Å². The molecule has 5 aromatic heterocycles. The highest BCUT2D eigenvalue weighted by Gasteiger charge is 2.24. The average Bonchev–Trinajstić information content (AvgIpc) is 3.93. The van der Waals surface area contributed by atoms with Gasteiger partial charge in [0.15, 0.2) is 5.82 Å². The number of benzene rings is 7. The highest BCUT2D eigenvalue weighted by Crippen LogP contribution is 2.44. The highest BCUT2D eigenvalue weighted by atomic mass is 32.2. The quantitative estimate of drug-likeness (QED) is 0.173. The van der Waals surface area contributed by atoms with E-state index in [9.17, 15) is 9.47 Å². The Morgan fingerprint density at radius 3 is 1.86 bits per heavy atom. The molecule has 0 spiro atoms. The average molecular weight is 776 g/mol. The van der Waals surface area contributed by atoms with E-state index in [-0.39, 0.29) is 0 Å². The van der Waals surface area contributed by atoms with Gasteiger partial charge in [0.1, 0.15) is 5.82 Å². The van der Waals surface area contributed by atoms with Gasteiger partial charge in [0.2, 0.25) is 0 Å². The van der Waals surface area contributed by atoms with Crippen molar-refractivity contribution >= 4 is 87.3 Å². The molecule has 12 aromatic rings. The number of aromatic nitrogens is 6. The van der Waals surface area contributed by atoms with Crippen LogP contribution in [0.25, 0.3) is 93.8 Å². The van der Waals surface area contributed by atoms with Crippen molar-refractivity contribution in [3.63, 3.8) is 0 Å². The van der Waals surface area contributed by atoms with Crippen molar-refractivity contribution in [3.8, 4) is 23.4 Å². The third-order valence-electron chi connectivity index (χ3n) is 11.4. The van der Waals surface area contributed by atoms with Crippen LogP contribution in [0.3, 0.4) is 0 Å². The van der Waals surface area contributed by atoms with Gasteiger partial charge in [-0.05, 0) is 103 Å². The van der Waals surface area contributed by atoms with Gasteiger partial charge in [0.25, 0.3) is 0 Å². The van der Waals surface area contributed by atoms with Crippen LogP contribution in [0.15, 0.2) is 186 Å². The van der Waals surface area contributed by atoms with Crippen LogP contribution in [0.1, 0.15) is 5.56 Å². The molecule has 0 aliphatic heterocycles. The van der Waals surface area contributed by atoms with Crippen LogP contribution in [-0.2, 0) is 10.8 Å². The lowest BCUT2D eigenvalue weighted by Gasteiger charge is -2.11. The number of fused-ring (bicyclic) bond motifs is 11. The summed E-state index contributed by atoms with van der Waals surface area (Å²) in [6.07, 6.45) is 3.69. The van der Waals surface area contributed by atoms with Gasteiger partial charge in [-0.15, -0.1) is 0 Å². The Morgan fingerprint density at radius 1 is 0.492 bits per heavy atom. The maximum Gasteiger partial charge on any atom is 0.156 e. The second-order valence-corrected chi connectivity index (χ2v) is 16.1. The summed E-state index contributed by atoms with van der Waals surface area (Å²) < 4.78 is 20.6. The lowest BCUT2D eigenvalue weighted by Crippen LogP contribution is -1.99. The van der Waals surface area contributed by atoms with Gasteiger partial charge < -0.3 is 4.57 Å². The van der Waals surface area contributed by atoms with Gasteiger partial charge in [-0.3, -0.25) is 14.1 Å². The van der Waals surface area contributed by atoms with Gasteiger partial charge in [0, 0.05) is 54.0 Å². The largest absolute Gasteiger partial charge is 0.309 e. The van der Waals surface area contributed by atoms with Crippen LogP contribution >= 0.6 is 0 Å². The van der Waals surface area contributed by atoms with Crippen LogP contribution in [0.5, 0.6) is 0 Å². The van der Waals surface area contributed by atoms with Crippen molar-refractivity contribution < 1.29 is 4.21 Å². The van der Waals surface area contributed by atoms with Gasteiger partial charge >= 0.3 is 0 Å². The lowest BCUT2D eigenvalue weighted by molar-refractivity contribution is 0.683. The first kappa shape index (κ1) is 33.2. The summed E-state index contributed by atoms with van der Waals surface area (Å²) >= 11 is 0. The molecule has 276 valence electrons. The van der Waals surface area contributed by atoms with Gasteiger partial charge in [-0.25, -0.2) is 14.2 Å². The first-order chi connectivity index (χ1) is 29.1. The zero-order chi connectivity index (χ0) is 39.2. The summed E-state index contributed by atoms with van der Waals surface area (Å²) in [5.41, 5.74) is 9.45. The molecule has 0 N–H and O–H groups in total. The highest BCUT2D eigenvalue weighted by molar-refractivity contribution is 7.85. The molecule has 9 heteroatoms. The van der Waals surface area contributed by atoms with E-state index in [4.69, 9.17) is 15.0 Å². The summed E-state index contributed by atoms with van der Waals surface area (Å²) in [7, 11) is -1.43. The number of nitrogens with zero attached hydrogens (tertiary/aromatic N) is 7. The van der Waals surface area contributed by atoms with E-state index in [1.807, 2.05) is 60.9 Å². The van der Waals surface area contributed by atoms with Crippen molar-refractivity contribution in [2.75, 3.05) is 0 Å². The van der Waals surface area contributed by atoms with E-state index in [0.29, 0.717) is 15.4 Å². The second-order valence-electron chi connectivity index (χ2n) is 14.6. The van der Waals surface area contributed by atoms with Gasteiger partial charge in [0.05, 0.1) is 72.8 Å². The summed E-state index contributed by atoms with van der Waals surface area (Å²) in [5, 5.41) is 15.9. The van der Waals surface area contributed by atoms with Crippen LogP contribution in [-0.4, -0.2) is 32.9 Å². The van der Waals surface area contributed by atoms with Gasteiger partial charge in [-0.1, -0.05) is 60.7 Å². The van der Waals surface area contributed by atoms with Gasteiger partial charge in [-0.2, -0.15) is 5.26 Å². The molecule has 0 bridgehead atoms. The van der Waals surface area contributed by atoms with E-state index >= 15 is 0 Å². The molecule has 5 heterocycles. The van der Waals surface area contributed by atoms with Crippen LogP contribution < -0.4 is 0 Å². The Kier molecular flexibility index (Phi) is 7.21. The third-order valence-corrected chi connectivity index (χ3v) is 12.8. The Morgan fingerprint density at radius 2 is 1.12 bits per heavy atom. The first-order valence-corrected chi connectivity index (χ1v) is 20.4. The van der Waals surface area contributed by atoms with Crippen LogP contribution in [0.2, 0.25) is 0 Å². The predicted octanol–water partition coefficient (Wildman–Crippen LogP) is 11.4. The van der Waals surface area contributed by atoms with E-state index < -0.39 is 10.8 Å². The summed E-state index contributed by atoms with van der Waals surface area (Å²) in [6.45, 7) is 0. The fourth-order valence-corrected chi connectivity index (χ4v) is 9.87. The third kappa shape index (κ3) is 4.94. The topological polar surface area (TPSA) is 94.3 Å². The fraction of sp³-hybridized carbons (Fsp3) is 0. The van der Waals surface area contributed by atoms with Crippen molar-refractivity contribution in [1.29, 1.82) is 5.26 Å². The minimum absolute atomic E-state index is 0.532. The fourth-order valence-electron chi connectivity index (χ4n) is 8.83. The molecule has 0 aliphatic rings. The van der Waals surface area contributed by atoms with Crippen molar-refractivity contribution in [1.82, 2.24) is 28.7 Å². The number of nitriles is 1. The molecule has 1 unspecified atom stereocenters. The summed E-state index contributed by atoms with van der Waals surface area (Å²) in [4.78, 5) is 16.1. The summed E-state index contributed by atoms with van der Waals surface area (Å²) in [5.74, 6) is 1.60. The molecule has 59 heavy (non-hydrogen) atoms. The van der Waals surface area contributed by atoms with Crippen molar-refractivity contribution in [3.05, 3.63) is 182 Å². The molecule has 1 atom stereocenters. The van der Waals surface area contributed by atoms with Crippen molar-refractivity contribution in [2.45, 2.75) is 9.79 Å². The monoisotopic (exact) mass is 775 g/mol. The SMILES string of the molecule is N#Cc1ccc(S(=O)c2ccc(-n3c4cc5c6ccccc6n(-c6ccccn6)c5cc4c4ccc5c(c6ccccc6n5-c5cnc6ccccc6n5)c43)cc2)cc1. The smallest absolute Gasteiger partial charge is 0.156 e. The Hall–Kier alpha value is -7.93. The number of para-hydroxylation sites is 4. The molecule has 0 radical (unpaired) electrons. The van der Waals surface area contributed by atoms with E-state index in [0.717, 1.165) is 93.8 Å². The molecule has 0 saturated heterocycles. The lowest BCUT2D eigenvalue weighted by atomic mass is 10.1. The van der Waals surface area contributed by atoms with Crippen LogP contribution in [0.4, 0.5) is 0 Å². The number of rotatable bonds is 5. The minimum atomic E-state index is -1.43. The molecule has 0 aliphatic carbocycles. The second kappa shape index (κ2) is 12.8. The molecule has 0 saturated carbocycles. The zero-order valence-electron chi connectivity index (χ0n) is 31.2. The normalized spacial score (nSPS) is 12.4. The minimum Gasteiger partial charge on any atom is -0.309 e. The first-order valence-electron chi connectivity index (χ1n) is 19.2. The maximum atomic E-state index is 13.8. The van der Waals surface area contributed by atoms with E-state index in [1.54, 1.807) is 24.3 Å². The number of pyridine rings is 1. The molecule has 0 amide bonds. The standard InChI is InChI=1S/C50H29N7OS/c51-29-31-16-20-33(21-17-31)59(58)34-22-18-32(19-23-34)55-45-27-38-35-9-1-5-13-42(35)57(47-15-7-8-26-52-47)46(38)28-39(45)36-24-25-44-49(50(36)55)37-10-2-6-14-43(37)56(44)48-30-53-40-11-3-4-12-41(40)54-48/h1-28,30H. The molecule has 8 nitrogen and oxygen atoms in total. The Balaban J connectivity index is 1.18. The van der Waals surface area contributed by atoms with Crippen molar-refractivity contribution in [2.24, 2.45) is 0 Å². The molecular formula is C50H29N7OS. The molecule has 0 fully saturated rings. The van der Waals surface area contributed by atoms with E-state index in [1.165, 1.54) is 0 Å². The number of hydrogen-bond donors (Lipinski definition) is 0. The predicted molar refractivity (Wildman–Crippen MR) is 236 cm³/mol. The molecule has 12 rings (SSSR count). The number of hydrogen-bond acceptors (Lipinski definition) is 5. The molecular weight excluding hydrogens is 747 g/mol. The Labute approximate surface area is 338 Å². The van der Waals surface area contributed by atoms with Crippen LogP contribution in [0, 0.1) is 11.3 Å². The molecule has 7 aromatic carbocycles. The Bertz CT molecular complexity index is 3750. The zero-order valence-corrected chi connectivity index (χ0v) is 32.0. The summed E-state index contributed by atoms with van der Waals surface area (Å²) in [6, 6.07) is 57.1. The maximum absolute atomic E-state index is 13.8.